The number of amides is 2. The predicted octanol–water partition coefficient (Wildman–Crippen LogP) is -1.76. The van der Waals surface area contributed by atoms with Crippen molar-refractivity contribution < 1.29 is 19.8 Å². The quantitative estimate of drug-likeness (QED) is 0.423. The van der Waals surface area contributed by atoms with Crippen LogP contribution in [0.2, 0.25) is 0 Å². The van der Waals surface area contributed by atoms with Crippen molar-refractivity contribution >= 4 is 11.8 Å². The maximum Gasteiger partial charge on any atom is 0.252 e. The lowest BCUT2D eigenvalue weighted by Crippen LogP contribution is -2.66. The first-order valence-corrected chi connectivity index (χ1v) is 4.30. The van der Waals surface area contributed by atoms with Gasteiger partial charge in [-0.2, -0.15) is 0 Å². The summed E-state index contributed by atoms with van der Waals surface area (Å²) in [5.74, 6) is -2.33. The summed E-state index contributed by atoms with van der Waals surface area (Å²) in [5, 5.41) is 19.5. The minimum atomic E-state index is -2.31. The van der Waals surface area contributed by atoms with E-state index in [4.69, 9.17) is 11.5 Å². The maximum atomic E-state index is 11.0. The fraction of sp³-hybridized carbons (Fsp3) is 0.750. The lowest BCUT2D eigenvalue weighted by molar-refractivity contribution is -0.183. The summed E-state index contributed by atoms with van der Waals surface area (Å²) in [4.78, 5) is 21.9. The summed E-state index contributed by atoms with van der Waals surface area (Å²) in [6.07, 6.45) is -0.370. The standard InChI is InChI=1S/C8H16N2O4/c1-3-7(13,5(9)11)8(14,4-2)6(10)12/h13-14H,3-4H2,1-2H3,(H2,9,11)(H2,10,12). The fourth-order valence-corrected chi connectivity index (χ4v) is 1.34. The first-order chi connectivity index (χ1) is 6.26. The van der Waals surface area contributed by atoms with Gasteiger partial charge in [-0.1, -0.05) is 13.8 Å². The van der Waals surface area contributed by atoms with Gasteiger partial charge in [-0.05, 0) is 12.8 Å². The van der Waals surface area contributed by atoms with E-state index in [9.17, 15) is 19.8 Å². The lowest BCUT2D eigenvalue weighted by Gasteiger charge is -2.37. The SMILES string of the molecule is CCC(O)(C(N)=O)C(O)(CC)C(N)=O. The highest BCUT2D eigenvalue weighted by Crippen LogP contribution is 2.28. The molecule has 0 aromatic carbocycles. The van der Waals surface area contributed by atoms with E-state index in [-0.39, 0.29) is 12.8 Å². The van der Waals surface area contributed by atoms with E-state index in [1.165, 1.54) is 13.8 Å². The van der Waals surface area contributed by atoms with Crippen molar-refractivity contribution in [3.63, 3.8) is 0 Å². The molecule has 0 aliphatic heterocycles. The zero-order valence-corrected chi connectivity index (χ0v) is 8.28. The highest BCUT2D eigenvalue weighted by atomic mass is 16.4. The molecule has 0 heterocycles. The highest BCUT2D eigenvalue weighted by Gasteiger charge is 2.55. The Morgan fingerprint density at radius 1 is 1.00 bits per heavy atom. The largest absolute Gasteiger partial charge is 0.377 e. The molecule has 2 amide bonds. The van der Waals surface area contributed by atoms with Crippen LogP contribution in [0.1, 0.15) is 26.7 Å². The third kappa shape index (κ3) is 1.58. The Balaban J connectivity index is 5.37. The molecule has 14 heavy (non-hydrogen) atoms. The van der Waals surface area contributed by atoms with Gasteiger partial charge in [0, 0.05) is 0 Å². The summed E-state index contributed by atoms with van der Waals surface area (Å²) < 4.78 is 0. The van der Waals surface area contributed by atoms with Gasteiger partial charge in [0.1, 0.15) is 0 Å². The van der Waals surface area contributed by atoms with Crippen LogP contribution in [0.25, 0.3) is 0 Å². The molecule has 0 aromatic rings. The van der Waals surface area contributed by atoms with Crippen molar-refractivity contribution in [2.75, 3.05) is 0 Å². The van der Waals surface area contributed by atoms with Gasteiger partial charge in [-0.3, -0.25) is 9.59 Å². The summed E-state index contributed by atoms with van der Waals surface area (Å²) in [6, 6.07) is 0. The number of hydrogen-bond donors (Lipinski definition) is 4. The van der Waals surface area contributed by atoms with Crippen LogP contribution >= 0.6 is 0 Å². The molecule has 82 valence electrons. The van der Waals surface area contributed by atoms with Crippen LogP contribution in [0.5, 0.6) is 0 Å². The monoisotopic (exact) mass is 204 g/mol. The smallest absolute Gasteiger partial charge is 0.252 e. The zero-order valence-electron chi connectivity index (χ0n) is 8.28. The van der Waals surface area contributed by atoms with E-state index >= 15 is 0 Å². The summed E-state index contributed by atoms with van der Waals surface area (Å²) in [6.45, 7) is 2.85. The molecule has 0 saturated carbocycles. The molecule has 0 aliphatic carbocycles. The van der Waals surface area contributed by atoms with Crippen LogP contribution in [0, 0.1) is 0 Å². The number of carbonyl (C=O) groups is 2. The molecule has 0 radical (unpaired) electrons. The van der Waals surface area contributed by atoms with Crippen molar-refractivity contribution in [1.29, 1.82) is 0 Å². The van der Waals surface area contributed by atoms with Crippen molar-refractivity contribution in [3.8, 4) is 0 Å². The fourth-order valence-electron chi connectivity index (χ4n) is 1.34. The molecule has 0 aliphatic rings. The van der Waals surface area contributed by atoms with Crippen LogP contribution in [0.3, 0.4) is 0 Å². The van der Waals surface area contributed by atoms with Crippen LogP contribution in [0.4, 0.5) is 0 Å². The topological polar surface area (TPSA) is 127 Å². The number of carbonyl (C=O) groups excluding carboxylic acids is 2. The number of primary amides is 2. The molecule has 6 heteroatoms. The van der Waals surface area contributed by atoms with Crippen LogP contribution < -0.4 is 11.5 Å². The normalized spacial score (nSPS) is 19.4. The minimum Gasteiger partial charge on any atom is -0.377 e. The predicted molar refractivity (Wildman–Crippen MR) is 48.9 cm³/mol. The molecule has 2 atom stereocenters. The Labute approximate surface area is 81.9 Å². The van der Waals surface area contributed by atoms with E-state index in [2.05, 4.69) is 0 Å². The average molecular weight is 204 g/mol. The van der Waals surface area contributed by atoms with Crippen molar-refractivity contribution in [1.82, 2.24) is 0 Å². The van der Waals surface area contributed by atoms with Gasteiger partial charge in [0.15, 0.2) is 11.2 Å². The van der Waals surface area contributed by atoms with Crippen molar-refractivity contribution in [3.05, 3.63) is 0 Å². The van der Waals surface area contributed by atoms with Gasteiger partial charge in [0.05, 0.1) is 0 Å². The van der Waals surface area contributed by atoms with Crippen LogP contribution in [-0.4, -0.2) is 33.2 Å². The number of nitrogens with two attached hydrogens (primary N) is 2. The van der Waals surface area contributed by atoms with Crippen molar-refractivity contribution in [2.45, 2.75) is 37.9 Å². The molecular weight excluding hydrogens is 188 g/mol. The molecular formula is C8H16N2O4. The Morgan fingerprint density at radius 2 is 1.21 bits per heavy atom. The Hall–Kier alpha value is -1.14. The third-order valence-electron chi connectivity index (χ3n) is 2.52. The van der Waals surface area contributed by atoms with Gasteiger partial charge in [0.2, 0.25) is 0 Å². The first kappa shape index (κ1) is 12.9. The molecule has 0 spiro atoms. The third-order valence-corrected chi connectivity index (χ3v) is 2.52. The summed E-state index contributed by atoms with van der Waals surface area (Å²) in [7, 11) is 0. The molecule has 2 unspecified atom stereocenters. The van der Waals surface area contributed by atoms with E-state index in [1.807, 2.05) is 0 Å². The first-order valence-electron chi connectivity index (χ1n) is 4.30. The van der Waals surface area contributed by atoms with Crippen LogP contribution in [-0.2, 0) is 9.59 Å². The molecule has 0 saturated heterocycles. The Morgan fingerprint density at radius 3 is 1.29 bits per heavy atom. The van der Waals surface area contributed by atoms with Gasteiger partial charge in [-0.25, -0.2) is 0 Å². The van der Waals surface area contributed by atoms with E-state index in [0.29, 0.717) is 0 Å². The summed E-state index contributed by atoms with van der Waals surface area (Å²) in [5.41, 5.74) is 5.22. The van der Waals surface area contributed by atoms with E-state index in [0.717, 1.165) is 0 Å². The highest BCUT2D eigenvalue weighted by molar-refractivity contribution is 5.95. The van der Waals surface area contributed by atoms with E-state index in [1.54, 1.807) is 0 Å². The molecule has 0 rings (SSSR count). The van der Waals surface area contributed by atoms with Crippen LogP contribution in [0.15, 0.2) is 0 Å². The molecule has 0 fully saturated rings. The number of hydrogen-bond acceptors (Lipinski definition) is 4. The van der Waals surface area contributed by atoms with E-state index < -0.39 is 23.0 Å². The lowest BCUT2D eigenvalue weighted by atomic mass is 9.77. The second kappa shape index (κ2) is 3.93. The van der Waals surface area contributed by atoms with Gasteiger partial charge < -0.3 is 21.7 Å². The van der Waals surface area contributed by atoms with Gasteiger partial charge in [-0.15, -0.1) is 0 Å². The second-order valence-electron chi connectivity index (χ2n) is 3.16. The van der Waals surface area contributed by atoms with Gasteiger partial charge >= 0.3 is 0 Å². The maximum absolute atomic E-state index is 11.0. The second-order valence-corrected chi connectivity index (χ2v) is 3.16. The molecule has 0 aromatic heterocycles. The molecule has 6 nitrogen and oxygen atoms in total. The average Bonchev–Trinajstić information content (AvgIpc) is 2.14. The molecule has 6 N–H and O–H groups in total. The zero-order chi connectivity index (χ0) is 11.6. The van der Waals surface area contributed by atoms with Gasteiger partial charge in [0.25, 0.3) is 11.8 Å². The Kier molecular flexibility index (Phi) is 3.61. The summed E-state index contributed by atoms with van der Waals surface area (Å²) >= 11 is 0. The minimum absolute atomic E-state index is 0.185. The van der Waals surface area contributed by atoms with Crippen molar-refractivity contribution in [2.24, 2.45) is 11.5 Å². The number of rotatable bonds is 5. The molecule has 0 bridgehead atoms. The Bertz CT molecular complexity index is 230. The number of aliphatic hydroxyl groups is 2.